The minimum Gasteiger partial charge on any atom is -0.490 e. The van der Waals surface area contributed by atoms with Crippen LogP contribution in [0.15, 0.2) is 95.9 Å². The van der Waals surface area contributed by atoms with Gasteiger partial charge in [-0.25, -0.2) is 8.42 Å². The fourth-order valence-electron chi connectivity index (χ4n) is 8.10. The number of carbonyl (C=O) groups excluding carboxylic acids is 1. The lowest BCUT2D eigenvalue weighted by Gasteiger charge is -2.42. The molecule has 2 saturated heterocycles. The SMILES string of the molecule is CC1CC2CCC(C1)N2C(=O)C(N(C)S(=O)(=O)c1ccc2cc(OC3CCCC3)ccc2c1)C(F)(F)c1ccc(-c2ccccc2)cc1. The predicted octanol–water partition coefficient (Wildman–Crippen LogP) is 8.40. The maximum absolute atomic E-state index is 16.9. The first-order chi connectivity index (χ1) is 23.0. The number of benzene rings is 4. The number of amides is 1. The van der Waals surface area contributed by atoms with Crippen molar-refractivity contribution in [1.82, 2.24) is 9.21 Å². The molecule has 6 nitrogen and oxygen atoms in total. The molecule has 3 fully saturated rings. The van der Waals surface area contributed by atoms with Crippen LogP contribution < -0.4 is 4.74 Å². The van der Waals surface area contributed by atoms with Crippen LogP contribution >= 0.6 is 0 Å². The van der Waals surface area contributed by atoms with E-state index >= 15 is 8.78 Å². The van der Waals surface area contributed by atoms with Gasteiger partial charge in [0.25, 0.3) is 5.92 Å². The van der Waals surface area contributed by atoms with Crippen molar-refractivity contribution in [1.29, 1.82) is 0 Å². The third kappa shape index (κ3) is 6.11. The Bertz CT molecular complexity index is 1880. The summed E-state index contributed by atoms with van der Waals surface area (Å²) in [5.74, 6) is -3.57. The number of alkyl halides is 2. The van der Waals surface area contributed by atoms with Gasteiger partial charge >= 0.3 is 0 Å². The summed E-state index contributed by atoms with van der Waals surface area (Å²) in [6, 6.07) is 22.6. The molecule has 4 aromatic carbocycles. The Hall–Kier alpha value is -3.82. The van der Waals surface area contributed by atoms with Gasteiger partial charge in [-0.1, -0.05) is 73.7 Å². The molecule has 9 heteroatoms. The molecule has 2 heterocycles. The minimum atomic E-state index is -4.54. The minimum absolute atomic E-state index is 0.148. The van der Waals surface area contributed by atoms with E-state index in [1.54, 1.807) is 29.2 Å². The normalized spacial score (nSPS) is 22.4. The molecule has 48 heavy (non-hydrogen) atoms. The van der Waals surface area contributed by atoms with Crippen LogP contribution in [0.3, 0.4) is 0 Å². The Balaban J connectivity index is 1.23. The van der Waals surface area contributed by atoms with Gasteiger partial charge in [-0.15, -0.1) is 0 Å². The van der Waals surface area contributed by atoms with E-state index < -0.39 is 33.5 Å². The first-order valence-corrected chi connectivity index (χ1v) is 18.5. The van der Waals surface area contributed by atoms with Crippen LogP contribution in [-0.2, 0) is 20.7 Å². The lowest BCUT2D eigenvalue weighted by atomic mass is 9.90. The predicted molar refractivity (Wildman–Crippen MR) is 183 cm³/mol. The van der Waals surface area contributed by atoms with E-state index in [4.69, 9.17) is 4.74 Å². The smallest absolute Gasteiger partial charge is 0.298 e. The first kappa shape index (κ1) is 32.7. The van der Waals surface area contributed by atoms with Crippen LogP contribution in [0.4, 0.5) is 8.78 Å². The molecule has 7 rings (SSSR count). The van der Waals surface area contributed by atoms with Crippen molar-refractivity contribution in [3.63, 3.8) is 0 Å². The molecular weight excluding hydrogens is 631 g/mol. The Labute approximate surface area is 281 Å². The van der Waals surface area contributed by atoms with Crippen LogP contribution in [0.25, 0.3) is 21.9 Å². The summed E-state index contributed by atoms with van der Waals surface area (Å²) in [7, 11) is -3.42. The van der Waals surface area contributed by atoms with Gasteiger partial charge in [0.2, 0.25) is 15.9 Å². The van der Waals surface area contributed by atoms with Gasteiger partial charge in [0.1, 0.15) is 5.75 Å². The second kappa shape index (κ2) is 12.9. The number of nitrogens with zero attached hydrogens (tertiary/aromatic N) is 2. The number of ether oxygens (including phenoxy) is 1. The van der Waals surface area contributed by atoms with Crippen LogP contribution in [0.2, 0.25) is 0 Å². The fourth-order valence-corrected chi connectivity index (χ4v) is 9.45. The summed E-state index contributed by atoms with van der Waals surface area (Å²) in [4.78, 5) is 15.8. The highest BCUT2D eigenvalue weighted by Gasteiger charge is 2.56. The molecule has 0 aromatic heterocycles. The van der Waals surface area contributed by atoms with Gasteiger partial charge in [-0.05, 0) is 103 Å². The molecule has 0 radical (unpaired) electrons. The van der Waals surface area contributed by atoms with E-state index in [2.05, 4.69) is 6.92 Å². The summed E-state index contributed by atoms with van der Waals surface area (Å²) in [6.07, 6.45) is 7.41. The largest absolute Gasteiger partial charge is 0.490 e. The zero-order chi connectivity index (χ0) is 33.6. The summed E-state index contributed by atoms with van der Waals surface area (Å²) >= 11 is 0. The summed E-state index contributed by atoms with van der Waals surface area (Å²) in [5.41, 5.74) is 1.20. The van der Waals surface area contributed by atoms with Gasteiger partial charge in [0, 0.05) is 24.7 Å². The molecule has 252 valence electrons. The molecule has 1 saturated carbocycles. The second-order valence-electron chi connectivity index (χ2n) is 13.9. The van der Waals surface area contributed by atoms with Crippen molar-refractivity contribution in [2.45, 2.75) is 93.3 Å². The number of fused-ring (bicyclic) bond motifs is 3. The van der Waals surface area contributed by atoms with Crippen LogP contribution in [0.1, 0.15) is 63.9 Å². The van der Waals surface area contributed by atoms with Crippen LogP contribution in [0, 0.1) is 5.92 Å². The Morgan fingerprint density at radius 3 is 2.10 bits per heavy atom. The average molecular weight is 673 g/mol. The number of rotatable bonds is 9. The lowest BCUT2D eigenvalue weighted by Crippen LogP contribution is -2.60. The third-order valence-electron chi connectivity index (χ3n) is 10.6. The highest BCUT2D eigenvalue weighted by atomic mass is 32.2. The number of hydrogen-bond donors (Lipinski definition) is 0. The van der Waals surface area contributed by atoms with E-state index in [1.165, 1.54) is 24.3 Å². The van der Waals surface area contributed by atoms with Crippen molar-refractivity contribution in [2.24, 2.45) is 5.92 Å². The quantitative estimate of drug-likeness (QED) is 0.179. The zero-order valence-corrected chi connectivity index (χ0v) is 28.2. The summed E-state index contributed by atoms with van der Waals surface area (Å²) in [5, 5.41) is 1.42. The standard InChI is InChI=1S/C39H42F2N2O4S/c1-26-22-32-18-19-33(23-26)43(32)38(44)37(39(40,41)31-16-12-28(13-17-31)27-8-4-3-5-9-27)42(2)48(45,46)36-21-15-29-24-35(20-14-30(29)25-36)47-34-10-6-7-11-34/h3-5,8-9,12-17,20-21,24-26,32-34,37H,6-7,10-11,18-19,22-23H2,1-2H3. The Morgan fingerprint density at radius 1 is 0.833 bits per heavy atom. The summed E-state index contributed by atoms with van der Waals surface area (Å²) in [6.45, 7) is 2.12. The second-order valence-corrected chi connectivity index (χ2v) is 15.9. The molecule has 2 aliphatic heterocycles. The number of hydrogen-bond acceptors (Lipinski definition) is 4. The molecule has 3 aliphatic rings. The van der Waals surface area contributed by atoms with Gasteiger partial charge in [0.15, 0.2) is 6.04 Å². The molecule has 3 atom stereocenters. The van der Waals surface area contributed by atoms with Crippen molar-refractivity contribution in [2.75, 3.05) is 7.05 Å². The number of halogens is 2. The highest BCUT2D eigenvalue weighted by molar-refractivity contribution is 7.89. The summed E-state index contributed by atoms with van der Waals surface area (Å²) < 4.78 is 69.0. The fraction of sp³-hybridized carbons (Fsp3) is 0.410. The number of piperidine rings is 1. The maximum atomic E-state index is 16.9. The molecular formula is C39H42F2N2O4S. The molecule has 1 amide bonds. The van der Waals surface area contributed by atoms with Gasteiger partial charge in [-0.2, -0.15) is 13.1 Å². The van der Waals surface area contributed by atoms with Crippen molar-refractivity contribution >= 4 is 26.7 Å². The van der Waals surface area contributed by atoms with Gasteiger partial charge in [-0.3, -0.25) is 4.79 Å². The molecule has 4 aromatic rings. The highest BCUT2D eigenvalue weighted by Crippen LogP contribution is 2.44. The van der Waals surface area contributed by atoms with Crippen molar-refractivity contribution in [3.8, 4) is 16.9 Å². The Kier molecular flexibility index (Phi) is 8.79. The zero-order valence-electron chi connectivity index (χ0n) is 27.4. The van der Waals surface area contributed by atoms with E-state index in [0.29, 0.717) is 15.6 Å². The number of sulfonamides is 1. The topological polar surface area (TPSA) is 66.9 Å². The van der Waals surface area contributed by atoms with E-state index in [9.17, 15) is 13.2 Å². The number of carbonyl (C=O) groups is 1. The maximum Gasteiger partial charge on any atom is 0.298 e. The molecule has 0 spiro atoms. The monoisotopic (exact) mass is 672 g/mol. The van der Waals surface area contributed by atoms with Gasteiger partial charge < -0.3 is 9.64 Å². The van der Waals surface area contributed by atoms with E-state index in [1.807, 2.05) is 42.5 Å². The van der Waals surface area contributed by atoms with Crippen molar-refractivity contribution in [3.05, 3.63) is 96.6 Å². The molecule has 3 unspecified atom stereocenters. The lowest BCUT2D eigenvalue weighted by molar-refractivity contribution is -0.155. The van der Waals surface area contributed by atoms with Crippen LogP contribution in [0.5, 0.6) is 5.75 Å². The molecule has 2 bridgehead atoms. The van der Waals surface area contributed by atoms with Gasteiger partial charge in [0.05, 0.1) is 11.0 Å². The van der Waals surface area contributed by atoms with E-state index in [0.717, 1.165) is 80.7 Å². The molecule has 0 N–H and O–H groups in total. The third-order valence-corrected chi connectivity index (χ3v) is 12.4. The van der Waals surface area contributed by atoms with Crippen LogP contribution in [-0.4, -0.2) is 54.8 Å². The van der Waals surface area contributed by atoms with Crippen molar-refractivity contribution < 1.29 is 26.7 Å². The molecule has 1 aliphatic carbocycles. The average Bonchev–Trinajstić information content (AvgIpc) is 3.70. The Morgan fingerprint density at radius 2 is 1.44 bits per heavy atom. The first-order valence-electron chi connectivity index (χ1n) is 17.1. The van der Waals surface area contributed by atoms with E-state index in [-0.39, 0.29) is 23.1 Å². The number of likely N-dealkylation sites (N-methyl/N-ethyl adjacent to an activating group) is 1.